The van der Waals surface area contributed by atoms with Gasteiger partial charge in [-0.25, -0.2) is 0 Å². The third-order valence-corrected chi connectivity index (χ3v) is 3.18. The van der Waals surface area contributed by atoms with Gasteiger partial charge in [-0.15, -0.1) is 11.3 Å². The Morgan fingerprint density at radius 1 is 1.64 bits per heavy atom. The van der Waals surface area contributed by atoms with Crippen LogP contribution >= 0.6 is 11.3 Å². The first-order valence-corrected chi connectivity index (χ1v) is 5.81. The lowest BCUT2D eigenvalue weighted by Gasteiger charge is -2.09. The molecule has 78 valence electrons. The minimum Gasteiger partial charge on any atom is -0.481 e. The van der Waals surface area contributed by atoms with Crippen molar-refractivity contribution in [2.75, 3.05) is 0 Å². The van der Waals surface area contributed by atoms with Crippen LogP contribution < -0.4 is 0 Å². The van der Waals surface area contributed by atoms with E-state index in [9.17, 15) is 4.79 Å². The summed E-state index contributed by atoms with van der Waals surface area (Å²) < 4.78 is 0. The number of aryl methyl sites for hydroxylation is 1. The summed E-state index contributed by atoms with van der Waals surface area (Å²) in [4.78, 5) is 12.2. The Morgan fingerprint density at radius 2 is 2.36 bits per heavy atom. The number of aliphatic carboxylic acids is 1. The lowest BCUT2D eigenvalue weighted by molar-refractivity contribution is -0.139. The van der Waals surface area contributed by atoms with E-state index < -0.39 is 5.97 Å². The molecular formula is C11H16O2S. The quantitative estimate of drug-likeness (QED) is 0.812. The third-order valence-electron chi connectivity index (χ3n) is 2.30. The smallest absolute Gasteiger partial charge is 0.311 e. The first kappa shape index (κ1) is 11.2. The molecular weight excluding hydrogens is 196 g/mol. The Hall–Kier alpha value is -0.830. The molecule has 0 aliphatic rings. The third kappa shape index (κ3) is 2.84. The van der Waals surface area contributed by atoms with Gasteiger partial charge in [0, 0.05) is 4.88 Å². The number of unbranched alkanes of at least 4 members (excludes halogenated alkanes) is 1. The van der Waals surface area contributed by atoms with E-state index in [1.54, 1.807) is 11.3 Å². The zero-order valence-electron chi connectivity index (χ0n) is 8.62. The second kappa shape index (κ2) is 5.15. The number of hydrogen-bond donors (Lipinski definition) is 1. The Morgan fingerprint density at radius 3 is 2.79 bits per heavy atom. The fourth-order valence-corrected chi connectivity index (χ4v) is 2.25. The molecule has 0 fully saturated rings. The molecule has 0 saturated heterocycles. The van der Waals surface area contributed by atoms with E-state index in [-0.39, 0.29) is 5.92 Å². The topological polar surface area (TPSA) is 37.3 Å². The highest BCUT2D eigenvalue weighted by molar-refractivity contribution is 7.10. The van der Waals surface area contributed by atoms with Gasteiger partial charge in [0.1, 0.15) is 0 Å². The summed E-state index contributed by atoms with van der Waals surface area (Å²) in [6.45, 7) is 4.09. The van der Waals surface area contributed by atoms with Crippen molar-refractivity contribution in [3.63, 3.8) is 0 Å². The molecule has 0 aliphatic heterocycles. The maximum absolute atomic E-state index is 11.0. The molecule has 1 rings (SSSR count). The molecule has 1 aromatic heterocycles. The normalized spacial score (nSPS) is 12.7. The van der Waals surface area contributed by atoms with Crippen molar-refractivity contribution in [3.8, 4) is 0 Å². The molecule has 3 heteroatoms. The number of carboxylic acid groups (broad SMARTS) is 1. The van der Waals surface area contributed by atoms with Crippen molar-refractivity contribution in [1.29, 1.82) is 0 Å². The Labute approximate surface area is 88.6 Å². The molecule has 0 bridgehead atoms. The van der Waals surface area contributed by atoms with Crippen LogP contribution in [-0.4, -0.2) is 11.1 Å². The monoisotopic (exact) mass is 212 g/mol. The average Bonchev–Trinajstić information content (AvgIpc) is 2.52. The molecule has 0 aliphatic carbocycles. The number of rotatable bonds is 5. The lowest BCUT2D eigenvalue weighted by Crippen LogP contribution is -2.10. The predicted molar refractivity (Wildman–Crippen MR) is 59.0 cm³/mol. The first-order chi connectivity index (χ1) is 6.65. The molecule has 1 atom stereocenters. The van der Waals surface area contributed by atoms with Gasteiger partial charge in [0.15, 0.2) is 0 Å². The Kier molecular flexibility index (Phi) is 4.14. The molecule has 1 heterocycles. The Balaban J connectivity index is 2.72. The number of carboxylic acids is 1. The number of carbonyl (C=O) groups is 1. The van der Waals surface area contributed by atoms with Crippen LogP contribution in [0.5, 0.6) is 0 Å². The maximum atomic E-state index is 11.0. The molecule has 1 aromatic rings. The van der Waals surface area contributed by atoms with Gasteiger partial charge in [-0.05, 0) is 30.4 Å². The first-order valence-electron chi connectivity index (χ1n) is 4.93. The summed E-state index contributed by atoms with van der Waals surface area (Å²) in [5.41, 5.74) is 0.966. The van der Waals surface area contributed by atoms with Crippen LogP contribution in [0.25, 0.3) is 0 Å². The van der Waals surface area contributed by atoms with Gasteiger partial charge in [0.25, 0.3) is 0 Å². The minimum atomic E-state index is -0.698. The summed E-state index contributed by atoms with van der Waals surface area (Å²) in [5.74, 6) is -1.00. The Bertz CT molecular complexity index is 304. The van der Waals surface area contributed by atoms with Gasteiger partial charge in [-0.1, -0.05) is 19.8 Å². The standard InChI is InChI=1S/C11H16O2S/c1-3-4-5-10(11(12)13)9-6-8(2)14-7-9/h6-7,10H,3-5H2,1-2H3,(H,12,13). The van der Waals surface area contributed by atoms with Crippen LogP contribution in [0.2, 0.25) is 0 Å². The lowest BCUT2D eigenvalue weighted by atomic mass is 9.96. The van der Waals surface area contributed by atoms with Gasteiger partial charge in [0.05, 0.1) is 5.92 Å². The predicted octanol–water partition coefficient (Wildman–Crippen LogP) is 3.41. The molecule has 1 N–H and O–H groups in total. The maximum Gasteiger partial charge on any atom is 0.311 e. The van der Waals surface area contributed by atoms with Gasteiger partial charge in [-0.3, -0.25) is 4.79 Å². The SMILES string of the molecule is CCCCC(C(=O)O)c1csc(C)c1. The van der Waals surface area contributed by atoms with E-state index in [2.05, 4.69) is 6.92 Å². The van der Waals surface area contributed by atoms with Gasteiger partial charge in [0.2, 0.25) is 0 Å². The van der Waals surface area contributed by atoms with Crippen LogP contribution in [0.1, 0.15) is 42.5 Å². The van der Waals surface area contributed by atoms with Crippen LogP contribution in [0.3, 0.4) is 0 Å². The second-order valence-electron chi connectivity index (χ2n) is 3.52. The molecule has 0 amide bonds. The van der Waals surface area contributed by atoms with Crippen molar-refractivity contribution < 1.29 is 9.90 Å². The number of thiophene rings is 1. The van der Waals surface area contributed by atoms with Gasteiger partial charge >= 0.3 is 5.97 Å². The van der Waals surface area contributed by atoms with Crippen molar-refractivity contribution >= 4 is 17.3 Å². The highest BCUT2D eigenvalue weighted by Gasteiger charge is 2.19. The fraction of sp³-hybridized carbons (Fsp3) is 0.545. The van der Waals surface area contributed by atoms with E-state index in [0.717, 1.165) is 24.8 Å². The zero-order chi connectivity index (χ0) is 10.6. The molecule has 0 aromatic carbocycles. The van der Waals surface area contributed by atoms with E-state index in [4.69, 9.17) is 5.11 Å². The van der Waals surface area contributed by atoms with Crippen molar-refractivity contribution in [2.24, 2.45) is 0 Å². The second-order valence-corrected chi connectivity index (χ2v) is 4.64. The fourth-order valence-electron chi connectivity index (χ4n) is 1.49. The largest absolute Gasteiger partial charge is 0.481 e. The van der Waals surface area contributed by atoms with Crippen molar-refractivity contribution in [2.45, 2.75) is 39.0 Å². The van der Waals surface area contributed by atoms with Crippen LogP contribution in [0, 0.1) is 6.92 Å². The summed E-state index contributed by atoms with van der Waals surface area (Å²) in [6, 6.07) is 1.99. The zero-order valence-corrected chi connectivity index (χ0v) is 9.43. The van der Waals surface area contributed by atoms with E-state index in [1.165, 1.54) is 4.88 Å². The average molecular weight is 212 g/mol. The summed E-state index contributed by atoms with van der Waals surface area (Å²) >= 11 is 1.62. The summed E-state index contributed by atoms with van der Waals surface area (Å²) in [5, 5.41) is 11.0. The number of hydrogen-bond acceptors (Lipinski definition) is 2. The van der Waals surface area contributed by atoms with Crippen molar-refractivity contribution in [3.05, 3.63) is 21.9 Å². The highest BCUT2D eigenvalue weighted by atomic mass is 32.1. The molecule has 2 nitrogen and oxygen atoms in total. The minimum absolute atomic E-state index is 0.306. The van der Waals surface area contributed by atoms with E-state index >= 15 is 0 Å². The molecule has 0 spiro atoms. The van der Waals surface area contributed by atoms with E-state index in [1.807, 2.05) is 18.4 Å². The molecule has 1 unspecified atom stereocenters. The van der Waals surface area contributed by atoms with Gasteiger partial charge in [-0.2, -0.15) is 0 Å². The summed E-state index contributed by atoms with van der Waals surface area (Å²) in [7, 11) is 0. The van der Waals surface area contributed by atoms with Crippen LogP contribution in [0.4, 0.5) is 0 Å². The van der Waals surface area contributed by atoms with Crippen molar-refractivity contribution in [1.82, 2.24) is 0 Å². The molecule has 0 saturated carbocycles. The van der Waals surface area contributed by atoms with Gasteiger partial charge < -0.3 is 5.11 Å². The molecule has 0 radical (unpaired) electrons. The van der Waals surface area contributed by atoms with E-state index in [0.29, 0.717) is 0 Å². The molecule has 14 heavy (non-hydrogen) atoms. The van der Waals surface area contributed by atoms with Crippen LogP contribution in [-0.2, 0) is 4.79 Å². The van der Waals surface area contributed by atoms with Crippen LogP contribution in [0.15, 0.2) is 11.4 Å². The highest BCUT2D eigenvalue weighted by Crippen LogP contribution is 2.26. The summed E-state index contributed by atoms with van der Waals surface area (Å²) in [6.07, 6.45) is 2.78.